The van der Waals surface area contributed by atoms with Gasteiger partial charge < -0.3 is 15.1 Å². The van der Waals surface area contributed by atoms with Gasteiger partial charge in [0.1, 0.15) is 17.3 Å². The van der Waals surface area contributed by atoms with Gasteiger partial charge in [0, 0.05) is 13.5 Å². The number of carbonyl (C=O) groups is 1. The van der Waals surface area contributed by atoms with Gasteiger partial charge in [-0.15, -0.1) is 0 Å². The zero-order valence-corrected chi connectivity index (χ0v) is 10.9. The summed E-state index contributed by atoms with van der Waals surface area (Å²) in [5, 5.41) is 5.60. The maximum atomic E-state index is 11.9. The van der Waals surface area contributed by atoms with E-state index in [1.54, 1.807) is 31.4 Å². The van der Waals surface area contributed by atoms with E-state index in [9.17, 15) is 4.79 Å². The highest BCUT2D eigenvalue weighted by molar-refractivity contribution is 5.92. The van der Waals surface area contributed by atoms with Crippen molar-refractivity contribution in [2.45, 2.75) is 19.9 Å². The van der Waals surface area contributed by atoms with Crippen molar-refractivity contribution in [2.24, 2.45) is 0 Å². The summed E-state index contributed by atoms with van der Waals surface area (Å²) in [6.07, 6.45) is 2.45. The number of oxazole rings is 1. The molecule has 0 bridgehead atoms. The molecule has 2 aromatic rings. The topological polar surface area (TPSA) is 80.0 Å². The van der Waals surface area contributed by atoms with Crippen LogP contribution in [0, 0.1) is 0 Å². The molecular weight excluding hydrogens is 244 g/mol. The number of hydrogen-bond donors (Lipinski definition) is 2. The molecule has 2 N–H and O–H groups in total. The molecule has 6 heteroatoms. The molecular formula is C13H16N4O2. The van der Waals surface area contributed by atoms with E-state index in [0.29, 0.717) is 17.4 Å². The number of aryl methyl sites for hydroxylation is 1. The lowest BCUT2D eigenvalue weighted by molar-refractivity contribution is 0.0942. The number of rotatable bonds is 5. The van der Waals surface area contributed by atoms with Gasteiger partial charge in [0.25, 0.3) is 5.91 Å². The monoisotopic (exact) mass is 260 g/mol. The van der Waals surface area contributed by atoms with Crippen molar-refractivity contribution in [2.75, 3.05) is 12.4 Å². The van der Waals surface area contributed by atoms with Gasteiger partial charge in [0.2, 0.25) is 5.89 Å². The summed E-state index contributed by atoms with van der Waals surface area (Å²) in [5.74, 6) is 1.69. The fraction of sp³-hybridized carbons (Fsp3) is 0.308. The summed E-state index contributed by atoms with van der Waals surface area (Å²) in [6, 6.07) is 5.22. The van der Waals surface area contributed by atoms with Crippen LogP contribution in [0.2, 0.25) is 0 Å². The van der Waals surface area contributed by atoms with Crippen molar-refractivity contribution in [3.63, 3.8) is 0 Å². The third-order valence-corrected chi connectivity index (χ3v) is 2.59. The molecule has 0 aliphatic rings. The quantitative estimate of drug-likeness (QED) is 0.853. The molecule has 0 radical (unpaired) electrons. The van der Waals surface area contributed by atoms with Crippen LogP contribution >= 0.6 is 0 Å². The molecule has 0 saturated carbocycles. The lowest BCUT2D eigenvalue weighted by atomic mass is 10.3. The predicted octanol–water partition coefficient (Wildman–Crippen LogP) is 1.60. The molecule has 100 valence electrons. The fourth-order valence-electron chi connectivity index (χ4n) is 1.54. The molecule has 0 aliphatic heterocycles. The maximum absolute atomic E-state index is 11.9. The van der Waals surface area contributed by atoms with E-state index in [1.807, 2.05) is 6.92 Å². The first-order chi connectivity index (χ1) is 9.22. The normalized spacial score (nSPS) is 10.2. The predicted molar refractivity (Wildman–Crippen MR) is 70.8 cm³/mol. The molecule has 0 fully saturated rings. The number of anilines is 1. The molecule has 2 rings (SSSR count). The van der Waals surface area contributed by atoms with Crippen LogP contribution in [-0.4, -0.2) is 22.9 Å². The minimum atomic E-state index is -0.256. The van der Waals surface area contributed by atoms with Crippen LogP contribution in [0.5, 0.6) is 0 Å². The number of nitrogens with zero attached hydrogens (tertiary/aromatic N) is 2. The highest BCUT2D eigenvalue weighted by Gasteiger charge is 2.09. The van der Waals surface area contributed by atoms with E-state index in [1.165, 1.54) is 0 Å². The minimum absolute atomic E-state index is 0.254. The number of pyridine rings is 1. The first-order valence-corrected chi connectivity index (χ1v) is 6.09. The number of hydrogen-bond acceptors (Lipinski definition) is 5. The van der Waals surface area contributed by atoms with Crippen molar-refractivity contribution in [1.29, 1.82) is 0 Å². The minimum Gasteiger partial charge on any atom is -0.444 e. The Morgan fingerprint density at radius 3 is 2.95 bits per heavy atom. The summed E-state index contributed by atoms with van der Waals surface area (Å²) in [6.45, 7) is 2.24. The second kappa shape index (κ2) is 5.99. The van der Waals surface area contributed by atoms with E-state index in [4.69, 9.17) is 4.42 Å². The van der Waals surface area contributed by atoms with Gasteiger partial charge in [-0.3, -0.25) is 4.79 Å². The number of carbonyl (C=O) groups excluding carboxylic acids is 1. The van der Waals surface area contributed by atoms with Crippen LogP contribution in [-0.2, 0) is 13.0 Å². The van der Waals surface area contributed by atoms with Crippen LogP contribution in [0.15, 0.2) is 28.8 Å². The van der Waals surface area contributed by atoms with Crippen LogP contribution in [0.25, 0.3) is 0 Å². The molecule has 0 aromatic carbocycles. The summed E-state index contributed by atoms with van der Waals surface area (Å²) < 4.78 is 5.41. The summed E-state index contributed by atoms with van der Waals surface area (Å²) in [4.78, 5) is 20.1. The second-order valence-corrected chi connectivity index (χ2v) is 3.91. The van der Waals surface area contributed by atoms with E-state index < -0.39 is 0 Å². The van der Waals surface area contributed by atoms with Gasteiger partial charge in [0.15, 0.2) is 0 Å². The highest BCUT2D eigenvalue weighted by atomic mass is 16.4. The van der Waals surface area contributed by atoms with Crippen molar-refractivity contribution in [1.82, 2.24) is 15.3 Å². The van der Waals surface area contributed by atoms with Crippen molar-refractivity contribution >= 4 is 11.7 Å². The Morgan fingerprint density at radius 1 is 1.42 bits per heavy atom. The van der Waals surface area contributed by atoms with Gasteiger partial charge >= 0.3 is 0 Å². The van der Waals surface area contributed by atoms with Crippen LogP contribution < -0.4 is 10.6 Å². The molecule has 1 amide bonds. The lowest BCUT2D eigenvalue weighted by Crippen LogP contribution is -2.24. The molecule has 2 heterocycles. The van der Waals surface area contributed by atoms with Gasteiger partial charge in [-0.25, -0.2) is 9.97 Å². The summed E-state index contributed by atoms with van der Waals surface area (Å²) in [5.41, 5.74) is 0.356. The molecule has 6 nitrogen and oxygen atoms in total. The van der Waals surface area contributed by atoms with Crippen LogP contribution in [0.3, 0.4) is 0 Å². The van der Waals surface area contributed by atoms with Gasteiger partial charge in [-0.2, -0.15) is 0 Å². The zero-order valence-electron chi connectivity index (χ0n) is 10.9. The third-order valence-electron chi connectivity index (χ3n) is 2.59. The number of amides is 1. The molecule has 0 saturated heterocycles. The standard InChI is InChI=1S/C13H16N4O2/c1-3-9-7-15-12(19-9)8-16-13(18)10-5-4-6-11(14-2)17-10/h4-7H,3,8H2,1-2H3,(H,14,17)(H,16,18). The molecule has 0 spiro atoms. The van der Waals surface area contributed by atoms with Crippen molar-refractivity contribution in [3.05, 3.63) is 41.7 Å². The third kappa shape index (κ3) is 3.31. The van der Waals surface area contributed by atoms with Crippen LogP contribution in [0.4, 0.5) is 5.82 Å². The van der Waals surface area contributed by atoms with Crippen LogP contribution in [0.1, 0.15) is 29.1 Å². The molecule has 2 aromatic heterocycles. The number of aromatic nitrogens is 2. The fourth-order valence-corrected chi connectivity index (χ4v) is 1.54. The van der Waals surface area contributed by atoms with Gasteiger partial charge in [-0.05, 0) is 12.1 Å². The largest absolute Gasteiger partial charge is 0.444 e. The Hall–Kier alpha value is -2.37. The Morgan fingerprint density at radius 2 is 2.26 bits per heavy atom. The molecule has 0 atom stereocenters. The molecule has 0 unspecified atom stereocenters. The average Bonchev–Trinajstić information content (AvgIpc) is 2.93. The van der Waals surface area contributed by atoms with Crippen molar-refractivity contribution in [3.8, 4) is 0 Å². The number of nitrogens with one attached hydrogen (secondary N) is 2. The Bertz CT molecular complexity index is 565. The first-order valence-electron chi connectivity index (χ1n) is 6.09. The SMILES string of the molecule is CCc1cnc(CNC(=O)c2cccc(NC)n2)o1. The maximum Gasteiger partial charge on any atom is 0.270 e. The summed E-state index contributed by atoms with van der Waals surface area (Å²) >= 11 is 0. The Kier molecular flexibility index (Phi) is 4.12. The van der Waals surface area contributed by atoms with E-state index >= 15 is 0 Å². The van der Waals surface area contributed by atoms with E-state index in [2.05, 4.69) is 20.6 Å². The van der Waals surface area contributed by atoms with Gasteiger partial charge in [0.05, 0.1) is 12.7 Å². The highest BCUT2D eigenvalue weighted by Crippen LogP contribution is 2.06. The lowest BCUT2D eigenvalue weighted by Gasteiger charge is -2.04. The second-order valence-electron chi connectivity index (χ2n) is 3.91. The zero-order chi connectivity index (χ0) is 13.7. The van der Waals surface area contributed by atoms with Crippen molar-refractivity contribution < 1.29 is 9.21 Å². The first kappa shape index (κ1) is 13.1. The molecule has 0 aliphatic carbocycles. The van der Waals surface area contributed by atoms with E-state index in [-0.39, 0.29) is 12.5 Å². The smallest absolute Gasteiger partial charge is 0.270 e. The molecule has 19 heavy (non-hydrogen) atoms. The summed E-state index contributed by atoms with van der Waals surface area (Å²) in [7, 11) is 1.75. The Balaban J connectivity index is 1.96. The Labute approximate surface area is 111 Å². The van der Waals surface area contributed by atoms with E-state index in [0.717, 1.165) is 12.2 Å². The average molecular weight is 260 g/mol. The van der Waals surface area contributed by atoms with Gasteiger partial charge in [-0.1, -0.05) is 13.0 Å².